The molecular formula is C15H17ClN2O3. The third-order valence-corrected chi connectivity index (χ3v) is 4.08. The molecule has 0 aliphatic carbocycles. The number of hydrogen-bond donors (Lipinski definition) is 2. The number of halogens is 1. The minimum absolute atomic E-state index is 0.112. The smallest absolute Gasteiger partial charge is 0.262 e. The fourth-order valence-corrected chi connectivity index (χ4v) is 2.90. The quantitative estimate of drug-likeness (QED) is 0.868. The second-order valence-electron chi connectivity index (χ2n) is 5.41. The van der Waals surface area contributed by atoms with E-state index in [0.29, 0.717) is 30.2 Å². The summed E-state index contributed by atoms with van der Waals surface area (Å²) < 4.78 is 5.63. The lowest BCUT2D eigenvalue weighted by atomic mass is 10.1. The number of fused-ring (bicyclic) bond motifs is 1. The van der Waals surface area contributed by atoms with Gasteiger partial charge in [0.25, 0.3) is 5.91 Å². The maximum Gasteiger partial charge on any atom is 0.262 e. The molecule has 2 atom stereocenters. The van der Waals surface area contributed by atoms with Crippen molar-refractivity contribution in [3.05, 3.63) is 28.8 Å². The molecule has 2 aliphatic heterocycles. The molecule has 1 aromatic rings. The molecule has 21 heavy (non-hydrogen) atoms. The van der Waals surface area contributed by atoms with Crippen LogP contribution in [0.5, 0.6) is 5.75 Å². The van der Waals surface area contributed by atoms with Gasteiger partial charge in [-0.2, -0.15) is 0 Å². The van der Waals surface area contributed by atoms with E-state index in [1.807, 2.05) is 6.07 Å². The minimum atomic E-state index is -0.588. The molecule has 2 aliphatic rings. The van der Waals surface area contributed by atoms with Crippen molar-refractivity contribution in [2.45, 2.75) is 37.8 Å². The normalized spacial score (nSPS) is 24.5. The van der Waals surface area contributed by atoms with E-state index in [9.17, 15) is 9.59 Å². The van der Waals surface area contributed by atoms with Crippen molar-refractivity contribution in [1.29, 1.82) is 0 Å². The Morgan fingerprint density at radius 3 is 3.10 bits per heavy atom. The molecule has 2 N–H and O–H groups in total. The molecule has 0 spiro atoms. The molecule has 6 heteroatoms. The van der Waals surface area contributed by atoms with Crippen LogP contribution < -0.4 is 15.4 Å². The largest absolute Gasteiger partial charge is 0.480 e. The number of rotatable bonds is 2. The Labute approximate surface area is 128 Å². The minimum Gasteiger partial charge on any atom is -0.480 e. The molecule has 0 radical (unpaired) electrons. The first kappa shape index (κ1) is 14.2. The zero-order valence-corrected chi connectivity index (χ0v) is 12.3. The van der Waals surface area contributed by atoms with Crippen LogP contribution in [0.15, 0.2) is 18.2 Å². The van der Waals surface area contributed by atoms with E-state index >= 15 is 0 Å². The Morgan fingerprint density at radius 1 is 1.38 bits per heavy atom. The van der Waals surface area contributed by atoms with Crippen LogP contribution in [-0.2, 0) is 16.0 Å². The summed E-state index contributed by atoms with van der Waals surface area (Å²) in [4.78, 5) is 24.1. The third kappa shape index (κ3) is 3.13. The summed E-state index contributed by atoms with van der Waals surface area (Å²) in [6.07, 6.45) is 2.43. The van der Waals surface area contributed by atoms with Gasteiger partial charge >= 0.3 is 0 Å². The van der Waals surface area contributed by atoms with Crippen molar-refractivity contribution in [1.82, 2.24) is 10.6 Å². The van der Waals surface area contributed by atoms with Crippen molar-refractivity contribution < 1.29 is 14.3 Å². The van der Waals surface area contributed by atoms with Gasteiger partial charge in [0.15, 0.2) is 6.10 Å². The number of carbonyl (C=O) groups excluding carboxylic acids is 2. The Morgan fingerprint density at radius 2 is 2.24 bits per heavy atom. The van der Waals surface area contributed by atoms with Crippen LogP contribution >= 0.6 is 11.6 Å². The first-order chi connectivity index (χ1) is 10.1. The highest BCUT2D eigenvalue weighted by molar-refractivity contribution is 6.30. The van der Waals surface area contributed by atoms with Gasteiger partial charge in [-0.1, -0.05) is 11.6 Å². The van der Waals surface area contributed by atoms with Gasteiger partial charge in [-0.25, -0.2) is 0 Å². The van der Waals surface area contributed by atoms with Crippen LogP contribution in [0.4, 0.5) is 0 Å². The Hall–Kier alpha value is -1.75. The maximum absolute atomic E-state index is 12.3. The van der Waals surface area contributed by atoms with Gasteiger partial charge in [0, 0.05) is 18.0 Å². The molecule has 2 heterocycles. The molecule has 0 unspecified atom stereocenters. The molecule has 2 amide bonds. The van der Waals surface area contributed by atoms with Crippen LogP contribution in [-0.4, -0.2) is 30.5 Å². The molecule has 112 valence electrons. The molecule has 5 nitrogen and oxygen atoms in total. The molecule has 1 fully saturated rings. The van der Waals surface area contributed by atoms with Crippen molar-refractivity contribution in [3.8, 4) is 5.75 Å². The van der Waals surface area contributed by atoms with Crippen molar-refractivity contribution >= 4 is 23.4 Å². The SMILES string of the molecule is O=C1NCCCC[C@@H]1NC(=O)[C@@H]1Cc2cc(Cl)ccc2O1. The number of amides is 2. The molecule has 1 saturated heterocycles. The van der Waals surface area contributed by atoms with Gasteiger partial charge < -0.3 is 15.4 Å². The van der Waals surface area contributed by atoms with Gasteiger partial charge in [-0.3, -0.25) is 9.59 Å². The summed E-state index contributed by atoms with van der Waals surface area (Å²) in [7, 11) is 0. The third-order valence-electron chi connectivity index (χ3n) is 3.84. The molecule has 0 saturated carbocycles. The fourth-order valence-electron chi connectivity index (χ4n) is 2.71. The Balaban J connectivity index is 1.63. The number of nitrogens with one attached hydrogen (secondary N) is 2. The summed E-state index contributed by atoms with van der Waals surface area (Å²) in [6.45, 7) is 0.676. The predicted molar refractivity (Wildman–Crippen MR) is 78.4 cm³/mol. The summed E-state index contributed by atoms with van der Waals surface area (Å²) >= 11 is 5.93. The molecule has 3 rings (SSSR count). The van der Waals surface area contributed by atoms with Gasteiger partial charge in [0.2, 0.25) is 5.91 Å². The summed E-state index contributed by atoms with van der Waals surface area (Å²) in [5, 5.41) is 6.22. The zero-order valence-electron chi connectivity index (χ0n) is 11.5. The van der Waals surface area contributed by atoms with Gasteiger partial charge in [-0.05, 0) is 43.0 Å². The van der Waals surface area contributed by atoms with E-state index < -0.39 is 12.1 Å². The maximum atomic E-state index is 12.3. The van der Waals surface area contributed by atoms with Crippen molar-refractivity contribution in [2.75, 3.05) is 6.54 Å². The Bertz CT molecular complexity index is 576. The lowest BCUT2D eigenvalue weighted by Crippen LogP contribution is -2.49. The van der Waals surface area contributed by atoms with Gasteiger partial charge in [0.1, 0.15) is 11.8 Å². The fraction of sp³-hybridized carbons (Fsp3) is 0.467. The lowest BCUT2D eigenvalue weighted by molar-refractivity contribution is -0.132. The number of hydrogen-bond acceptors (Lipinski definition) is 3. The van der Waals surface area contributed by atoms with Crippen molar-refractivity contribution in [2.24, 2.45) is 0 Å². The van der Waals surface area contributed by atoms with Crippen LogP contribution in [0.3, 0.4) is 0 Å². The van der Waals surface area contributed by atoms with Crippen LogP contribution in [0.1, 0.15) is 24.8 Å². The standard InChI is InChI=1S/C15H17ClN2O3/c16-10-4-5-12-9(7-10)8-13(21-12)15(20)18-11-3-1-2-6-17-14(11)19/h4-5,7,11,13H,1-3,6,8H2,(H,17,19)(H,18,20)/t11-,13-/m0/s1. The monoisotopic (exact) mass is 308 g/mol. The van der Waals surface area contributed by atoms with E-state index in [0.717, 1.165) is 18.4 Å². The first-order valence-corrected chi connectivity index (χ1v) is 7.54. The van der Waals surface area contributed by atoms with Crippen LogP contribution in [0.25, 0.3) is 0 Å². The molecule has 0 aromatic heterocycles. The van der Waals surface area contributed by atoms with E-state index in [-0.39, 0.29) is 11.8 Å². The molecule has 0 bridgehead atoms. The highest BCUT2D eigenvalue weighted by Crippen LogP contribution is 2.31. The molecule has 1 aromatic carbocycles. The second-order valence-corrected chi connectivity index (χ2v) is 5.85. The summed E-state index contributed by atoms with van der Waals surface area (Å²) in [5.74, 6) is 0.327. The highest BCUT2D eigenvalue weighted by atomic mass is 35.5. The average molecular weight is 309 g/mol. The second kappa shape index (κ2) is 5.93. The number of benzene rings is 1. The topological polar surface area (TPSA) is 67.4 Å². The van der Waals surface area contributed by atoms with E-state index in [1.54, 1.807) is 12.1 Å². The Kier molecular flexibility index (Phi) is 4.01. The van der Waals surface area contributed by atoms with E-state index in [2.05, 4.69) is 10.6 Å². The predicted octanol–water partition coefficient (Wildman–Crippen LogP) is 1.43. The average Bonchev–Trinajstić information content (AvgIpc) is 2.78. The van der Waals surface area contributed by atoms with Crippen LogP contribution in [0.2, 0.25) is 5.02 Å². The van der Waals surface area contributed by atoms with E-state index in [1.165, 1.54) is 0 Å². The highest BCUT2D eigenvalue weighted by Gasteiger charge is 2.32. The van der Waals surface area contributed by atoms with Gasteiger partial charge in [0.05, 0.1) is 0 Å². The lowest BCUT2D eigenvalue weighted by Gasteiger charge is -2.18. The van der Waals surface area contributed by atoms with Crippen molar-refractivity contribution in [3.63, 3.8) is 0 Å². The van der Waals surface area contributed by atoms with Gasteiger partial charge in [-0.15, -0.1) is 0 Å². The van der Waals surface area contributed by atoms with Crippen LogP contribution in [0, 0.1) is 0 Å². The number of carbonyl (C=O) groups is 2. The van der Waals surface area contributed by atoms with E-state index in [4.69, 9.17) is 16.3 Å². The number of ether oxygens (including phenoxy) is 1. The summed E-state index contributed by atoms with van der Waals surface area (Å²) in [5.41, 5.74) is 0.924. The summed E-state index contributed by atoms with van der Waals surface area (Å²) in [6, 6.07) is 4.85. The molecular weight excluding hydrogens is 292 g/mol. The zero-order chi connectivity index (χ0) is 14.8. The first-order valence-electron chi connectivity index (χ1n) is 7.16.